The first-order valence-corrected chi connectivity index (χ1v) is 6.90. The monoisotopic (exact) mass is 247 g/mol. The Morgan fingerprint density at radius 2 is 2.18 bits per heavy atom. The van der Waals surface area contributed by atoms with Crippen molar-refractivity contribution in [1.82, 2.24) is 4.98 Å². The van der Waals surface area contributed by atoms with E-state index in [0.29, 0.717) is 5.92 Å². The second-order valence-corrected chi connectivity index (χ2v) is 5.98. The zero-order valence-corrected chi connectivity index (χ0v) is 10.8. The van der Waals surface area contributed by atoms with E-state index in [-0.39, 0.29) is 6.04 Å². The molecule has 1 aliphatic heterocycles. The smallest absolute Gasteiger partial charge is 0.186 e. The van der Waals surface area contributed by atoms with Crippen molar-refractivity contribution in [1.29, 1.82) is 0 Å². The van der Waals surface area contributed by atoms with Crippen molar-refractivity contribution in [3.8, 4) is 0 Å². The van der Waals surface area contributed by atoms with Crippen molar-refractivity contribution in [3.05, 3.63) is 24.3 Å². The lowest BCUT2D eigenvalue weighted by molar-refractivity contribution is 0.401. The van der Waals surface area contributed by atoms with Crippen LogP contribution in [0.15, 0.2) is 24.3 Å². The largest absolute Gasteiger partial charge is 0.346 e. The minimum atomic E-state index is 0.283. The first kappa shape index (κ1) is 11.0. The van der Waals surface area contributed by atoms with E-state index in [1.54, 1.807) is 11.3 Å². The summed E-state index contributed by atoms with van der Waals surface area (Å²) in [5.74, 6) is 0.658. The van der Waals surface area contributed by atoms with Crippen molar-refractivity contribution in [3.63, 3.8) is 0 Å². The van der Waals surface area contributed by atoms with Gasteiger partial charge in [0.15, 0.2) is 5.13 Å². The molecule has 1 aromatic heterocycles. The number of nitrogens with two attached hydrogens (primary N) is 1. The topological polar surface area (TPSA) is 42.1 Å². The van der Waals surface area contributed by atoms with Crippen LogP contribution in [0.1, 0.15) is 13.3 Å². The van der Waals surface area contributed by atoms with Crippen LogP contribution in [0.3, 0.4) is 0 Å². The number of rotatable bonds is 1. The summed E-state index contributed by atoms with van der Waals surface area (Å²) >= 11 is 1.77. The van der Waals surface area contributed by atoms with E-state index in [0.717, 1.165) is 30.2 Å². The molecule has 3 nitrogen and oxygen atoms in total. The number of para-hydroxylation sites is 1. The van der Waals surface area contributed by atoms with Crippen molar-refractivity contribution in [2.45, 2.75) is 19.4 Å². The molecule has 0 amide bonds. The first-order valence-electron chi connectivity index (χ1n) is 6.08. The molecule has 0 saturated carbocycles. The summed E-state index contributed by atoms with van der Waals surface area (Å²) in [6, 6.07) is 8.59. The highest BCUT2D eigenvalue weighted by Crippen LogP contribution is 2.30. The lowest BCUT2D eigenvalue weighted by Gasteiger charge is -2.34. The molecule has 2 unspecified atom stereocenters. The Hall–Kier alpha value is -1.13. The molecule has 1 fully saturated rings. The first-order chi connectivity index (χ1) is 8.22. The Labute approximate surface area is 105 Å². The van der Waals surface area contributed by atoms with E-state index in [1.165, 1.54) is 4.70 Å². The van der Waals surface area contributed by atoms with Crippen LogP contribution in [-0.4, -0.2) is 24.1 Å². The van der Waals surface area contributed by atoms with E-state index in [1.807, 2.05) is 6.07 Å². The molecular weight excluding hydrogens is 230 g/mol. The molecule has 0 bridgehead atoms. The highest BCUT2D eigenvalue weighted by Gasteiger charge is 2.24. The van der Waals surface area contributed by atoms with Gasteiger partial charge in [-0.15, -0.1) is 0 Å². The number of piperidine rings is 1. The van der Waals surface area contributed by atoms with E-state index in [9.17, 15) is 0 Å². The number of thiazole rings is 1. The number of hydrogen-bond donors (Lipinski definition) is 1. The standard InChI is InChI=1S/C13H17N3S/c1-9-6-10(14)8-16(7-9)13-15-11-4-2-3-5-12(11)17-13/h2-5,9-10H,6-8,14H2,1H3. The predicted octanol–water partition coefficient (Wildman–Crippen LogP) is 2.47. The van der Waals surface area contributed by atoms with Gasteiger partial charge in [-0.2, -0.15) is 0 Å². The third kappa shape index (κ3) is 2.15. The molecule has 90 valence electrons. The normalized spacial score (nSPS) is 25.4. The van der Waals surface area contributed by atoms with Crippen LogP contribution in [0.4, 0.5) is 5.13 Å². The number of anilines is 1. The minimum absolute atomic E-state index is 0.283. The molecule has 3 rings (SSSR count). The molecule has 2 atom stereocenters. The van der Waals surface area contributed by atoms with Crippen LogP contribution in [0, 0.1) is 5.92 Å². The second kappa shape index (κ2) is 4.27. The van der Waals surface area contributed by atoms with Crippen molar-refractivity contribution < 1.29 is 0 Å². The summed E-state index contributed by atoms with van der Waals surface area (Å²) < 4.78 is 1.26. The molecule has 0 aliphatic carbocycles. The molecule has 1 aliphatic rings. The fraction of sp³-hybridized carbons (Fsp3) is 0.462. The number of hydrogen-bond acceptors (Lipinski definition) is 4. The van der Waals surface area contributed by atoms with Gasteiger partial charge in [-0.1, -0.05) is 30.4 Å². The van der Waals surface area contributed by atoms with Crippen molar-refractivity contribution in [2.24, 2.45) is 11.7 Å². The highest BCUT2D eigenvalue weighted by atomic mass is 32.1. The van der Waals surface area contributed by atoms with Gasteiger partial charge in [0.25, 0.3) is 0 Å². The summed E-state index contributed by atoms with van der Waals surface area (Å²) in [6.07, 6.45) is 1.13. The van der Waals surface area contributed by atoms with Gasteiger partial charge in [-0.25, -0.2) is 4.98 Å². The van der Waals surface area contributed by atoms with E-state index < -0.39 is 0 Å². The summed E-state index contributed by atoms with van der Waals surface area (Å²) in [5.41, 5.74) is 7.18. The van der Waals surface area contributed by atoms with Crippen LogP contribution >= 0.6 is 11.3 Å². The molecule has 2 aromatic rings. The molecule has 17 heavy (non-hydrogen) atoms. The third-order valence-corrected chi connectivity index (χ3v) is 4.34. The van der Waals surface area contributed by atoms with Gasteiger partial charge in [0.1, 0.15) is 0 Å². The van der Waals surface area contributed by atoms with Gasteiger partial charge in [0.2, 0.25) is 0 Å². The molecule has 2 heterocycles. The van der Waals surface area contributed by atoms with Crippen LogP contribution < -0.4 is 10.6 Å². The van der Waals surface area contributed by atoms with Crippen molar-refractivity contribution in [2.75, 3.05) is 18.0 Å². The van der Waals surface area contributed by atoms with Gasteiger partial charge in [-0.3, -0.25) is 0 Å². The molecule has 2 N–H and O–H groups in total. The summed E-state index contributed by atoms with van der Waals surface area (Å²) in [7, 11) is 0. The Balaban J connectivity index is 1.92. The second-order valence-electron chi connectivity index (χ2n) is 4.97. The number of fused-ring (bicyclic) bond motifs is 1. The molecule has 0 radical (unpaired) electrons. The Morgan fingerprint density at radius 3 is 2.94 bits per heavy atom. The summed E-state index contributed by atoms with van der Waals surface area (Å²) in [6.45, 7) is 4.27. The number of benzene rings is 1. The van der Waals surface area contributed by atoms with Crippen molar-refractivity contribution >= 4 is 26.7 Å². The lowest BCUT2D eigenvalue weighted by Crippen LogP contribution is -2.46. The van der Waals surface area contributed by atoms with Crippen LogP contribution in [-0.2, 0) is 0 Å². The maximum absolute atomic E-state index is 6.08. The highest BCUT2D eigenvalue weighted by molar-refractivity contribution is 7.22. The van der Waals surface area contributed by atoms with Gasteiger partial charge in [-0.05, 0) is 24.5 Å². The van der Waals surface area contributed by atoms with E-state index in [2.05, 4.69) is 30.0 Å². The number of aromatic nitrogens is 1. The molecule has 4 heteroatoms. The van der Waals surface area contributed by atoms with Crippen LogP contribution in [0.5, 0.6) is 0 Å². The maximum atomic E-state index is 6.08. The molecular formula is C13H17N3S. The van der Waals surface area contributed by atoms with E-state index >= 15 is 0 Å². The SMILES string of the molecule is CC1CC(N)CN(c2nc3ccccc3s2)C1. The van der Waals surface area contributed by atoms with Crippen LogP contribution in [0.2, 0.25) is 0 Å². The van der Waals surface area contributed by atoms with Gasteiger partial charge in [0, 0.05) is 19.1 Å². The minimum Gasteiger partial charge on any atom is -0.346 e. The lowest BCUT2D eigenvalue weighted by atomic mass is 9.97. The Morgan fingerprint density at radius 1 is 1.35 bits per heavy atom. The predicted molar refractivity (Wildman–Crippen MR) is 73.6 cm³/mol. The average molecular weight is 247 g/mol. The van der Waals surface area contributed by atoms with E-state index in [4.69, 9.17) is 10.7 Å². The fourth-order valence-electron chi connectivity index (χ4n) is 2.55. The van der Waals surface area contributed by atoms with Crippen LogP contribution in [0.25, 0.3) is 10.2 Å². The maximum Gasteiger partial charge on any atom is 0.186 e. The summed E-state index contributed by atoms with van der Waals surface area (Å²) in [4.78, 5) is 7.03. The van der Waals surface area contributed by atoms with Gasteiger partial charge < -0.3 is 10.6 Å². The zero-order valence-electron chi connectivity index (χ0n) is 9.97. The molecule has 1 aromatic carbocycles. The zero-order chi connectivity index (χ0) is 11.8. The van der Waals surface area contributed by atoms with Gasteiger partial charge >= 0.3 is 0 Å². The third-order valence-electron chi connectivity index (χ3n) is 3.25. The number of nitrogens with zero attached hydrogens (tertiary/aromatic N) is 2. The Bertz CT molecular complexity index is 479. The molecule has 1 saturated heterocycles. The average Bonchev–Trinajstić information content (AvgIpc) is 2.71. The molecule has 0 spiro atoms. The van der Waals surface area contributed by atoms with Gasteiger partial charge in [0.05, 0.1) is 10.2 Å². The summed E-state index contributed by atoms with van der Waals surface area (Å²) in [5, 5.41) is 1.12. The fourth-order valence-corrected chi connectivity index (χ4v) is 3.53. The quantitative estimate of drug-likeness (QED) is 0.841. The Kier molecular flexibility index (Phi) is 2.76.